The van der Waals surface area contributed by atoms with Crippen molar-refractivity contribution in [3.8, 4) is 0 Å². The highest BCUT2D eigenvalue weighted by molar-refractivity contribution is 8.18. The molecule has 0 aliphatic carbocycles. The first-order chi connectivity index (χ1) is 18.2. The molecule has 7 nitrogen and oxygen atoms in total. The Morgan fingerprint density at radius 1 is 1.08 bits per heavy atom. The van der Waals surface area contributed by atoms with E-state index in [-0.39, 0.29) is 5.91 Å². The number of piperidine rings is 1. The molecule has 0 unspecified atom stereocenters. The molecule has 2 aliphatic heterocycles. The van der Waals surface area contributed by atoms with Crippen molar-refractivity contribution >= 4 is 63.1 Å². The zero-order valence-corrected chi connectivity index (χ0v) is 22.1. The number of likely N-dealkylation sites (N-methyl/N-ethyl adjacent to an activating group) is 1. The third-order valence-corrected chi connectivity index (χ3v) is 8.25. The van der Waals surface area contributed by atoms with Crippen LogP contribution in [0.4, 0.5) is 11.4 Å². The lowest BCUT2D eigenvalue weighted by atomic mass is 10.1. The van der Waals surface area contributed by atoms with Crippen LogP contribution in [-0.4, -0.2) is 45.6 Å². The van der Waals surface area contributed by atoms with E-state index in [0.717, 1.165) is 35.0 Å². The Kier molecular flexibility index (Phi) is 6.80. The van der Waals surface area contributed by atoms with Gasteiger partial charge in [-0.25, -0.2) is 9.98 Å². The second-order valence-corrected chi connectivity index (χ2v) is 10.9. The first-order valence-electron chi connectivity index (χ1n) is 12.5. The lowest BCUT2D eigenvalue weighted by Crippen LogP contribution is -2.29. The molecule has 0 saturated carbocycles. The second kappa shape index (κ2) is 10.5. The number of rotatable bonds is 6. The number of amides is 1. The van der Waals surface area contributed by atoms with Gasteiger partial charge in [0.05, 0.1) is 21.6 Å². The third-order valence-electron chi connectivity index (χ3n) is 6.44. The number of imidazole rings is 1. The van der Waals surface area contributed by atoms with Gasteiger partial charge in [-0.3, -0.25) is 9.69 Å². The van der Waals surface area contributed by atoms with Crippen molar-refractivity contribution in [3.05, 3.63) is 71.3 Å². The molecule has 9 heteroatoms. The van der Waals surface area contributed by atoms with Crippen LogP contribution in [0.3, 0.4) is 0 Å². The van der Waals surface area contributed by atoms with Gasteiger partial charge < -0.3 is 14.3 Å². The van der Waals surface area contributed by atoms with Crippen molar-refractivity contribution in [1.82, 2.24) is 14.9 Å². The summed E-state index contributed by atoms with van der Waals surface area (Å²) in [5, 5.41) is 2.16. The lowest BCUT2D eigenvalue weighted by Gasteiger charge is -2.28. The van der Waals surface area contributed by atoms with Gasteiger partial charge >= 0.3 is 0 Å². The Balaban J connectivity index is 1.17. The monoisotopic (exact) mass is 529 g/mol. The number of aliphatic imine (C=N–C) groups is 1. The topological polar surface area (TPSA) is 77.7 Å². The highest BCUT2D eigenvalue weighted by atomic mass is 32.2. The summed E-state index contributed by atoms with van der Waals surface area (Å²) in [5.74, 6) is 0.566. The van der Waals surface area contributed by atoms with E-state index < -0.39 is 0 Å². The van der Waals surface area contributed by atoms with Crippen molar-refractivity contribution in [2.24, 2.45) is 4.99 Å². The minimum atomic E-state index is -0.0564. The summed E-state index contributed by atoms with van der Waals surface area (Å²) in [6, 6.07) is 20.0. The van der Waals surface area contributed by atoms with Crippen molar-refractivity contribution in [1.29, 1.82) is 0 Å². The van der Waals surface area contributed by atoms with Gasteiger partial charge in [-0.15, -0.1) is 0 Å². The molecular formula is C28H27N5O2S2. The minimum Gasteiger partial charge on any atom is -0.450 e. The number of benzene rings is 2. The quantitative estimate of drug-likeness (QED) is 0.273. The standard InChI is InChI=1S/C28H27N5O2S2/c1-2-33-26(34)24(36-28(33)29-19-10-12-20(13-11-19)32-16-6-3-7-17-32)18-21-14-15-25(35-21)37-27-30-22-8-4-5-9-23(22)31-27/h4-5,8-15,18H,2-3,6-7,16-17H2,1H3,(H,30,31)/b24-18-,29-28?. The average molecular weight is 530 g/mol. The smallest absolute Gasteiger partial charge is 0.266 e. The maximum absolute atomic E-state index is 13.1. The number of aromatic amines is 1. The van der Waals surface area contributed by atoms with Crippen molar-refractivity contribution in [2.75, 3.05) is 24.5 Å². The van der Waals surface area contributed by atoms with E-state index in [2.05, 4.69) is 27.0 Å². The number of H-pyrrole nitrogens is 1. The summed E-state index contributed by atoms with van der Waals surface area (Å²) in [4.78, 5) is 30.5. The van der Waals surface area contributed by atoms with Gasteiger partial charge in [0, 0.05) is 31.4 Å². The molecule has 2 aliphatic rings. The maximum Gasteiger partial charge on any atom is 0.266 e. The van der Waals surface area contributed by atoms with Crippen LogP contribution in [-0.2, 0) is 4.79 Å². The number of nitrogens with zero attached hydrogens (tertiary/aromatic N) is 4. The van der Waals surface area contributed by atoms with E-state index in [1.807, 2.05) is 55.5 Å². The molecule has 0 bridgehead atoms. The molecule has 1 amide bonds. The van der Waals surface area contributed by atoms with Crippen LogP contribution in [0.5, 0.6) is 0 Å². The SMILES string of the molecule is CCN1C(=O)/C(=C/c2ccc(Sc3nc4ccccc4[nH]3)o2)SC1=Nc1ccc(N2CCCCC2)cc1. The van der Waals surface area contributed by atoms with Crippen LogP contribution >= 0.6 is 23.5 Å². The maximum atomic E-state index is 13.1. The number of carbonyl (C=O) groups excluding carboxylic acids is 1. The molecule has 4 aromatic rings. The predicted octanol–water partition coefficient (Wildman–Crippen LogP) is 6.92. The van der Waals surface area contributed by atoms with Gasteiger partial charge in [0.1, 0.15) is 5.76 Å². The van der Waals surface area contributed by atoms with Crippen molar-refractivity contribution in [2.45, 2.75) is 36.4 Å². The van der Waals surface area contributed by atoms with Gasteiger partial charge in [-0.1, -0.05) is 12.1 Å². The van der Waals surface area contributed by atoms with E-state index in [9.17, 15) is 4.79 Å². The fourth-order valence-electron chi connectivity index (χ4n) is 4.54. The zero-order chi connectivity index (χ0) is 25.2. The number of anilines is 1. The second-order valence-electron chi connectivity index (χ2n) is 8.94. The number of amidine groups is 1. The predicted molar refractivity (Wildman–Crippen MR) is 151 cm³/mol. The van der Waals surface area contributed by atoms with Gasteiger partial charge in [0.25, 0.3) is 5.91 Å². The number of nitrogens with one attached hydrogen (secondary N) is 1. The molecule has 2 saturated heterocycles. The largest absolute Gasteiger partial charge is 0.450 e. The molecule has 0 atom stereocenters. The molecule has 1 N–H and O–H groups in total. The van der Waals surface area contributed by atoms with Gasteiger partial charge in [0.15, 0.2) is 15.4 Å². The summed E-state index contributed by atoms with van der Waals surface area (Å²) >= 11 is 2.80. The zero-order valence-electron chi connectivity index (χ0n) is 20.5. The highest BCUT2D eigenvalue weighted by Crippen LogP contribution is 2.36. The summed E-state index contributed by atoms with van der Waals surface area (Å²) in [7, 11) is 0. The molecule has 0 radical (unpaired) electrons. The van der Waals surface area contributed by atoms with Crippen LogP contribution < -0.4 is 4.90 Å². The minimum absolute atomic E-state index is 0.0564. The summed E-state index contributed by atoms with van der Waals surface area (Å²) < 4.78 is 5.99. The Morgan fingerprint density at radius 3 is 2.68 bits per heavy atom. The van der Waals surface area contributed by atoms with Crippen LogP contribution in [0.1, 0.15) is 31.9 Å². The van der Waals surface area contributed by atoms with E-state index in [1.54, 1.807) is 11.0 Å². The van der Waals surface area contributed by atoms with Crippen LogP contribution in [0.25, 0.3) is 17.1 Å². The number of aromatic nitrogens is 2. The molecule has 0 spiro atoms. The van der Waals surface area contributed by atoms with E-state index in [0.29, 0.717) is 27.5 Å². The Hall–Kier alpha value is -3.43. The van der Waals surface area contributed by atoms with E-state index >= 15 is 0 Å². The lowest BCUT2D eigenvalue weighted by molar-refractivity contribution is -0.122. The highest BCUT2D eigenvalue weighted by Gasteiger charge is 2.32. The Bertz CT molecular complexity index is 1450. The van der Waals surface area contributed by atoms with Gasteiger partial charge in [-0.2, -0.15) is 0 Å². The molecule has 2 fully saturated rings. The molecule has 2 aromatic carbocycles. The van der Waals surface area contributed by atoms with Crippen LogP contribution in [0.2, 0.25) is 0 Å². The molecule has 6 rings (SSSR count). The van der Waals surface area contributed by atoms with Crippen molar-refractivity contribution < 1.29 is 9.21 Å². The first kappa shape index (κ1) is 23.9. The summed E-state index contributed by atoms with van der Waals surface area (Å²) in [5.41, 5.74) is 3.98. The molecule has 188 valence electrons. The van der Waals surface area contributed by atoms with Crippen LogP contribution in [0.15, 0.2) is 85.2 Å². The number of carbonyl (C=O) groups is 1. The fourth-order valence-corrected chi connectivity index (χ4v) is 6.35. The molecule has 2 aromatic heterocycles. The number of para-hydroxylation sites is 2. The van der Waals surface area contributed by atoms with Gasteiger partial charge in [-0.05, 0) is 98.2 Å². The van der Waals surface area contributed by atoms with Gasteiger partial charge in [0.2, 0.25) is 0 Å². The Labute approximate surface area is 224 Å². The molecular weight excluding hydrogens is 502 g/mol. The van der Waals surface area contributed by atoms with Crippen molar-refractivity contribution in [3.63, 3.8) is 0 Å². The number of fused-ring (bicyclic) bond motifs is 1. The summed E-state index contributed by atoms with van der Waals surface area (Å²) in [6.45, 7) is 4.74. The number of hydrogen-bond acceptors (Lipinski definition) is 7. The summed E-state index contributed by atoms with van der Waals surface area (Å²) in [6.07, 6.45) is 5.61. The first-order valence-corrected chi connectivity index (χ1v) is 14.2. The number of furan rings is 1. The van der Waals surface area contributed by atoms with E-state index in [4.69, 9.17) is 9.41 Å². The number of thioether (sulfide) groups is 1. The van der Waals surface area contributed by atoms with Crippen LogP contribution in [0, 0.1) is 0 Å². The van der Waals surface area contributed by atoms with E-state index in [1.165, 1.54) is 48.5 Å². The third kappa shape index (κ3) is 5.19. The average Bonchev–Trinajstić information content (AvgIpc) is 3.62. The number of hydrogen-bond donors (Lipinski definition) is 1. The molecule has 37 heavy (non-hydrogen) atoms. The normalized spacial score (nSPS) is 18.6. The fraction of sp³-hybridized carbons (Fsp3) is 0.250. The Morgan fingerprint density at radius 2 is 1.89 bits per heavy atom. The molecule has 4 heterocycles.